The van der Waals surface area contributed by atoms with E-state index in [-0.39, 0.29) is 5.69 Å². The minimum atomic E-state index is -4.66. The Bertz CT molecular complexity index is 565. The van der Waals surface area contributed by atoms with E-state index in [1.54, 1.807) is 0 Å². The summed E-state index contributed by atoms with van der Waals surface area (Å²) in [6.07, 6.45) is -3.70. The Hall–Kier alpha value is -1.44. The van der Waals surface area contributed by atoms with Crippen molar-refractivity contribution in [3.63, 3.8) is 0 Å². The number of anilines is 2. The maximum absolute atomic E-state index is 12.7. The SMILES string of the molecule is Nc1ccc(NS(=O)(=O)C2CC2)c(C(F)(F)F)c1. The third-order valence-electron chi connectivity index (χ3n) is 2.56. The summed E-state index contributed by atoms with van der Waals surface area (Å²) in [6.45, 7) is 0. The predicted molar refractivity (Wildman–Crippen MR) is 61.4 cm³/mol. The van der Waals surface area contributed by atoms with Gasteiger partial charge in [-0.15, -0.1) is 0 Å². The Morgan fingerprint density at radius 2 is 1.89 bits per heavy atom. The van der Waals surface area contributed by atoms with Crippen LogP contribution in [0.3, 0.4) is 0 Å². The fourth-order valence-electron chi connectivity index (χ4n) is 1.50. The van der Waals surface area contributed by atoms with Crippen LogP contribution in [0.25, 0.3) is 0 Å². The summed E-state index contributed by atoms with van der Waals surface area (Å²) in [5.41, 5.74) is 3.65. The van der Waals surface area contributed by atoms with Crippen molar-refractivity contribution in [2.24, 2.45) is 0 Å². The molecule has 0 spiro atoms. The van der Waals surface area contributed by atoms with E-state index >= 15 is 0 Å². The first-order valence-electron chi connectivity index (χ1n) is 5.18. The van der Waals surface area contributed by atoms with Crippen LogP contribution in [0.5, 0.6) is 0 Å². The minimum absolute atomic E-state index is 0.0725. The Balaban J connectivity index is 2.38. The summed E-state index contributed by atoms with van der Waals surface area (Å²) in [4.78, 5) is 0. The molecular formula is C10H11F3N2O2S. The van der Waals surface area contributed by atoms with Crippen LogP contribution in [-0.4, -0.2) is 13.7 Å². The molecule has 0 heterocycles. The van der Waals surface area contributed by atoms with E-state index in [0.29, 0.717) is 18.9 Å². The van der Waals surface area contributed by atoms with Gasteiger partial charge in [0.15, 0.2) is 0 Å². The summed E-state index contributed by atoms with van der Waals surface area (Å²) in [6, 6.07) is 2.96. The molecule has 4 nitrogen and oxygen atoms in total. The van der Waals surface area contributed by atoms with Crippen LogP contribution in [-0.2, 0) is 16.2 Å². The number of benzene rings is 1. The maximum Gasteiger partial charge on any atom is 0.418 e. The zero-order valence-electron chi connectivity index (χ0n) is 9.16. The maximum atomic E-state index is 12.7. The van der Waals surface area contributed by atoms with Gasteiger partial charge >= 0.3 is 6.18 Å². The largest absolute Gasteiger partial charge is 0.418 e. The van der Waals surface area contributed by atoms with Crippen LogP contribution in [0.1, 0.15) is 18.4 Å². The zero-order valence-corrected chi connectivity index (χ0v) is 9.98. The van der Waals surface area contributed by atoms with E-state index in [1.165, 1.54) is 6.07 Å². The van der Waals surface area contributed by atoms with E-state index in [1.807, 2.05) is 4.72 Å². The third kappa shape index (κ3) is 2.69. The lowest BCUT2D eigenvalue weighted by Crippen LogP contribution is -2.20. The number of halogens is 3. The Morgan fingerprint density at radius 3 is 2.39 bits per heavy atom. The van der Waals surface area contributed by atoms with Crippen molar-refractivity contribution in [1.82, 2.24) is 0 Å². The second kappa shape index (κ2) is 4.04. The van der Waals surface area contributed by atoms with Crippen molar-refractivity contribution >= 4 is 21.4 Å². The molecule has 100 valence electrons. The molecule has 8 heteroatoms. The molecule has 0 amide bonds. The highest BCUT2D eigenvalue weighted by Crippen LogP contribution is 2.38. The predicted octanol–water partition coefficient (Wildman–Crippen LogP) is 2.19. The molecule has 3 N–H and O–H groups in total. The summed E-state index contributed by atoms with van der Waals surface area (Å²) < 4.78 is 63.4. The number of hydrogen-bond donors (Lipinski definition) is 2. The molecule has 1 saturated carbocycles. The average Bonchev–Trinajstić information content (AvgIpc) is 3.02. The van der Waals surface area contributed by atoms with Crippen LogP contribution < -0.4 is 10.5 Å². The number of hydrogen-bond acceptors (Lipinski definition) is 3. The highest BCUT2D eigenvalue weighted by molar-refractivity contribution is 7.93. The Kier molecular flexibility index (Phi) is 2.92. The summed E-state index contributed by atoms with van der Waals surface area (Å²) >= 11 is 0. The molecule has 1 aromatic rings. The van der Waals surface area contributed by atoms with Gasteiger partial charge in [-0.1, -0.05) is 0 Å². The van der Waals surface area contributed by atoms with Crippen LogP contribution in [0.2, 0.25) is 0 Å². The molecule has 1 aliphatic rings. The number of nitrogens with two attached hydrogens (primary N) is 1. The van der Waals surface area contributed by atoms with Crippen LogP contribution >= 0.6 is 0 Å². The van der Waals surface area contributed by atoms with Gasteiger partial charge in [0.25, 0.3) is 0 Å². The molecular weight excluding hydrogens is 269 g/mol. The van der Waals surface area contributed by atoms with Gasteiger partial charge in [-0.3, -0.25) is 4.72 Å². The number of rotatable bonds is 3. The monoisotopic (exact) mass is 280 g/mol. The number of sulfonamides is 1. The fraction of sp³-hybridized carbons (Fsp3) is 0.400. The lowest BCUT2D eigenvalue weighted by Gasteiger charge is -2.15. The summed E-state index contributed by atoms with van der Waals surface area (Å²) in [5, 5.41) is -0.587. The van der Waals surface area contributed by atoms with Gasteiger partial charge < -0.3 is 5.73 Å². The zero-order chi connectivity index (χ0) is 13.6. The fourth-order valence-corrected chi connectivity index (χ4v) is 2.91. The smallest absolute Gasteiger partial charge is 0.399 e. The van der Waals surface area contributed by atoms with Crippen molar-refractivity contribution < 1.29 is 21.6 Å². The van der Waals surface area contributed by atoms with Crippen molar-refractivity contribution in [3.05, 3.63) is 23.8 Å². The van der Waals surface area contributed by atoms with E-state index in [4.69, 9.17) is 5.73 Å². The standard InChI is InChI=1S/C10H11F3N2O2S/c11-10(12,13)8-5-6(14)1-4-9(8)15-18(16,17)7-2-3-7/h1,4-5,7,15H,2-3,14H2. The normalized spacial score (nSPS) is 16.6. The second-order valence-corrected chi connectivity index (χ2v) is 6.11. The average molecular weight is 280 g/mol. The molecule has 0 aliphatic heterocycles. The second-order valence-electron chi connectivity index (χ2n) is 4.15. The lowest BCUT2D eigenvalue weighted by atomic mass is 10.1. The van der Waals surface area contributed by atoms with Gasteiger partial charge in [0.1, 0.15) is 0 Å². The van der Waals surface area contributed by atoms with E-state index in [0.717, 1.165) is 6.07 Å². The Morgan fingerprint density at radius 1 is 1.28 bits per heavy atom. The van der Waals surface area contributed by atoms with Crippen molar-refractivity contribution in [1.29, 1.82) is 0 Å². The number of alkyl halides is 3. The van der Waals surface area contributed by atoms with Gasteiger partial charge in [-0.2, -0.15) is 13.2 Å². The number of nitrogens with one attached hydrogen (secondary N) is 1. The quantitative estimate of drug-likeness (QED) is 0.834. The molecule has 0 atom stereocenters. The Labute approximate surface area is 102 Å². The van der Waals surface area contributed by atoms with Gasteiger partial charge in [0.2, 0.25) is 10.0 Å². The van der Waals surface area contributed by atoms with E-state index in [2.05, 4.69) is 0 Å². The topological polar surface area (TPSA) is 72.2 Å². The van der Waals surface area contributed by atoms with E-state index in [9.17, 15) is 21.6 Å². The molecule has 1 aliphatic carbocycles. The summed E-state index contributed by atoms with van der Waals surface area (Å²) in [7, 11) is -3.73. The molecule has 18 heavy (non-hydrogen) atoms. The van der Waals surface area contributed by atoms with Crippen molar-refractivity contribution in [3.8, 4) is 0 Å². The third-order valence-corrected chi connectivity index (χ3v) is 4.42. The van der Waals surface area contributed by atoms with Gasteiger partial charge in [-0.05, 0) is 31.0 Å². The molecule has 1 aromatic carbocycles. The first-order chi connectivity index (χ1) is 8.20. The number of nitrogen functional groups attached to an aromatic ring is 1. The van der Waals surface area contributed by atoms with Crippen molar-refractivity contribution in [2.45, 2.75) is 24.3 Å². The van der Waals surface area contributed by atoms with Gasteiger partial charge in [-0.25, -0.2) is 8.42 Å². The molecule has 0 radical (unpaired) electrons. The molecule has 2 rings (SSSR count). The van der Waals surface area contributed by atoms with Crippen LogP contribution in [0.4, 0.5) is 24.5 Å². The lowest BCUT2D eigenvalue weighted by molar-refractivity contribution is -0.136. The van der Waals surface area contributed by atoms with Gasteiger partial charge in [0.05, 0.1) is 16.5 Å². The highest BCUT2D eigenvalue weighted by atomic mass is 32.2. The summed E-state index contributed by atoms with van der Waals surface area (Å²) in [5.74, 6) is 0. The van der Waals surface area contributed by atoms with Gasteiger partial charge in [0, 0.05) is 5.69 Å². The van der Waals surface area contributed by atoms with Crippen LogP contribution in [0, 0.1) is 0 Å². The first-order valence-corrected chi connectivity index (χ1v) is 6.73. The molecule has 0 unspecified atom stereocenters. The first kappa shape index (κ1) is 13.0. The highest BCUT2D eigenvalue weighted by Gasteiger charge is 2.39. The van der Waals surface area contributed by atoms with Crippen molar-refractivity contribution in [2.75, 3.05) is 10.5 Å². The molecule has 0 bridgehead atoms. The van der Waals surface area contributed by atoms with E-state index < -0.39 is 32.7 Å². The van der Waals surface area contributed by atoms with Crippen LogP contribution in [0.15, 0.2) is 18.2 Å². The minimum Gasteiger partial charge on any atom is -0.399 e. The molecule has 1 fully saturated rings. The molecule has 0 saturated heterocycles. The molecule has 0 aromatic heterocycles.